The Balaban J connectivity index is 2.13. The molecule has 1 saturated heterocycles. The third-order valence-electron chi connectivity index (χ3n) is 3.68. The van der Waals surface area contributed by atoms with Crippen LogP contribution in [0.4, 0.5) is 0 Å². The van der Waals surface area contributed by atoms with E-state index in [-0.39, 0.29) is 5.41 Å². The quantitative estimate of drug-likeness (QED) is 0.792. The highest BCUT2D eigenvalue weighted by atomic mass is 16.5. The van der Waals surface area contributed by atoms with Crippen molar-refractivity contribution in [3.8, 4) is 0 Å². The van der Waals surface area contributed by atoms with Gasteiger partial charge in [-0.05, 0) is 32.2 Å². The summed E-state index contributed by atoms with van der Waals surface area (Å²) in [5.74, 6) is 0.332. The molecule has 2 rings (SSSR count). The molecule has 0 bridgehead atoms. The van der Waals surface area contributed by atoms with Gasteiger partial charge in [0, 0.05) is 17.5 Å². The van der Waals surface area contributed by atoms with Gasteiger partial charge in [-0.1, -0.05) is 13.3 Å². The van der Waals surface area contributed by atoms with Crippen LogP contribution in [0.1, 0.15) is 39.0 Å². The van der Waals surface area contributed by atoms with Crippen molar-refractivity contribution < 1.29 is 9.53 Å². The lowest BCUT2D eigenvalue weighted by atomic mass is 9.75. The third kappa shape index (κ3) is 2.14. The third-order valence-corrected chi connectivity index (χ3v) is 3.68. The second kappa shape index (κ2) is 5.00. The standard InChI is InChI=1S/C13H21NO2/c1-2-5-13(6-7-14-10-13)12(15)11-4-3-8-16-9-11/h9,14H,2-8,10H2,1H3. The van der Waals surface area contributed by atoms with E-state index in [1.165, 1.54) is 0 Å². The molecule has 1 N–H and O–H groups in total. The molecule has 1 unspecified atom stereocenters. The van der Waals surface area contributed by atoms with E-state index >= 15 is 0 Å². The van der Waals surface area contributed by atoms with E-state index in [1.54, 1.807) is 6.26 Å². The van der Waals surface area contributed by atoms with Crippen LogP contribution in [0.2, 0.25) is 0 Å². The zero-order valence-electron chi connectivity index (χ0n) is 10.1. The summed E-state index contributed by atoms with van der Waals surface area (Å²) in [6, 6.07) is 0. The summed E-state index contributed by atoms with van der Waals surface area (Å²) in [6.45, 7) is 4.73. The summed E-state index contributed by atoms with van der Waals surface area (Å²) in [5, 5.41) is 3.33. The number of rotatable bonds is 4. The first-order chi connectivity index (χ1) is 7.78. The van der Waals surface area contributed by atoms with E-state index in [1.807, 2.05) is 0 Å². The van der Waals surface area contributed by atoms with Crippen LogP contribution >= 0.6 is 0 Å². The van der Waals surface area contributed by atoms with Crippen molar-refractivity contribution in [1.82, 2.24) is 5.32 Å². The number of Topliss-reactive ketones (excluding diaryl/α,β-unsaturated/α-hetero) is 1. The lowest BCUT2D eigenvalue weighted by Crippen LogP contribution is -2.35. The van der Waals surface area contributed by atoms with Gasteiger partial charge in [-0.2, -0.15) is 0 Å². The Bertz CT molecular complexity index is 290. The molecule has 1 atom stereocenters. The van der Waals surface area contributed by atoms with E-state index in [0.717, 1.165) is 57.4 Å². The van der Waals surface area contributed by atoms with Crippen molar-refractivity contribution in [1.29, 1.82) is 0 Å². The molecule has 0 aromatic rings. The van der Waals surface area contributed by atoms with E-state index in [0.29, 0.717) is 5.78 Å². The molecule has 2 aliphatic heterocycles. The fourth-order valence-corrected chi connectivity index (χ4v) is 2.82. The number of ether oxygens (including phenoxy) is 1. The van der Waals surface area contributed by atoms with Crippen LogP contribution in [0.25, 0.3) is 0 Å². The highest BCUT2D eigenvalue weighted by Crippen LogP contribution is 2.36. The maximum atomic E-state index is 12.5. The van der Waals surface area contributed by atoms with Crippen molar-refractivity contribution in [3.63, 3.8) is 0 Å². The molecule has 16 heavy (non-hydrogen) atoms. The first-order valence-electron chi connectivity index (χ1n) is 6.35. The minimum absolute atomic E-state index is 0.138. The average molecular weight is 223 g/mol. The lowest BCUT2D eigenvalue weighted by Gasteiger charge is -2.28. The fraction of sp³-hybridized carbons (Fsp3) is 0.769. The normalized spacial score (nSPS) is 29.7. The molecule has 90 valence electrons. The maximum absolute atomic E-state index is 12.5. The molecule has 3 nitrogen and oxygen atoms in total. The van der Waals surface area contributed by atoms with Gasteiger partial charge in [0.05, 0.1) is 12.9 Å². The Morgan fingerprint density at radius 2 is 2.50 bits per heavy atom. The maximum Gasteiger partial charge on any atom is 0.169 e. The second-order valence-electron chi connectivity index (χ2n) is 4.90. The Kier molecular flexibility index (Phi) is 3.64. The summed E-state index contributed by atoms with van der Waals surface area (Å²) in [5.41, 5.74) is 0.768. The first-order valence-corrected chi connectivity index (χ1v) is 6.35. The van der Waals surface area contributed by atoms with Crippen LogP contribution in [0.5, 0.6) is 0 Å². The minimum atomic E-state index is -0.138. The zero-order chi connectivity index (χ0) is 11.4. The van der Waals surface area contributed by atoms with E-state index in [9.17, 15) is 4.79 Å². The summed E-state index contributed by atoms with van der Waals surface area (Å²) in [7, 11) is 0. The zero-order valence-corrected chi connectivity index (χ0v) is 10.1. The van der Waals surface area contributed by atoms with Gasteiger partial charge in [0.25, 0.3) is 0 Å². The van der Waals surface area contributed by atoms with Crippen LogP contribution in [0.3, 0.4) is 0 Å². The number of hydrogen-bond donors (Lipinski definition) is 1. The highest BCUT2D eigenvalue weighted by molar-refractivity contribution is 6.00. The molecule has 0 aliphatic carbocycles. The van der Waals surface area contributed by atoms with Crippen molar-refractivity contribution in [2.75, 3.05) is 19.7 Å². The Hall–Kier alpha value is -0.830. The molecule has 0 saturated carbocycles. The lowest BCUT2D eigenvalue weighted by molar-refractivity contribution is -0.124. The van der Waals surface area contributed by atoms with Crippen LogP contribution in [-0.2, 0) is 9.53 Å². The minimum Gasteiger partial charge on any atom is -0.501 e. The van der Waals surface area contributed by atoms with Crippen molar-refractivity contribution in [2.45, 2.75) is 39.0 Å². The average Bonchev–Trinajstić information content (AvgIpc) is 2.80. The van der Waals surface area contributed by atoms with Gasteiger partial charge in [0.2, 0.25) is 0 Å². The van der Waals surface area contributed by atoms with Crippen molar-refractivity contribution in [3.05, 3.63) is 11.8 Å². The van der Waals surface area contributed by atoms with Gasteiger partial charge in [-0.15, -0.1) is 0 Å². The number of carbonyl (C=O) groups is 1. The molecule has 0 amide bonds. The number of hydrogen-bond acceptors (Lipinski definition) is 3. The number of ketones is 1. The molecule has 0 spiro atoms. The molecule has 0 aromatic heterocycles. The predicted molar refractivity (Wildman–Crippen MR) is 63.1 cm³/mol. The van der Waals surface area contributed by atoms with Gasteiger partial charge in [-0.3, -0.25) is 4.79 Å². The van der Waals surface area contributed by atoms with Crippen LogP contribution in [0.15, 0.2) is 11.8 Å². The molecule has 0 radical (unpaired) electrons. The second-order valence-corrected chi connectivity index (χ2v) is 4.90. The van der Waals surface area contributed by atoms with Crippen LogP contribution in [0, 0.1) is 5.41 Å². The topological polar surface area (TPSA) is 38.3 Å². The van der Waals surface area contributed by atoms with Crippen LogP contribution < -0.4 is 5.32 Å². The predicted octanol–water partition coefficient (Wildman–Crippen LogP) is 2.03. The molecular weight excluding hydrogens is 202 g/mol. The largest absolute Gasteiger partial charge is 0.501 e. The van der Waals surface area contributed by atoms with Crippen molar-refractivity contribution in [2.24, 2.45) is 5.41 Å². The molecular formula is C13H21NO2. The van der Waals surface area contributed by atoms with Gasteiger partial charge >= 0.3 is 0 Å². The van der Waals surface area contributed by atoms with E-state index < -0.39 is 0 Å². The van der Waals surface area contributed by atoms with E-state index in [4.69, 9.17) is 4.74 Å². The van der Waals surface area contributed by atoms with Gasteiger partial charge in [0.15, 0.2) is 5.78 Å². The summed E-state index contributed by atoms with van der Waals surface area (Å²) in [4.78, 5) is 12.5. The smallest absolute Gasteiger partial charge is 0.169 e. The number of carbonyl (C=O) groups excluding carboxylic acids is 1. The molecule has 0 aromatic carbocycles. The summed E-state index contributed by atoms with van der Waals surface area (Å²) >= 11 is 0. The van der Waals surface area contributed by atoms with Crippen molar-refractivity contribution >= 4 is 5.78 Å². The Labute approximate surface area is 97.2 Å². The molecule has 1 fully saturated rings. The van der Waals surface area contributed by atoms with Gasteiger partial charge < -0.3 is 10.1 Å². The monoisotopic (exact) mass is 223 g/mol. The molecule has 3 heteroatoms. The summed E-state index contributed by atoms with van der Waals surface area (Å²) in [6.07, 6.45) is 6.62. The summed E-state index contributed by atoms with van der Waals surface area (Å²) < 4.78 is 5.28. The first kappa shape index (κ1) is 11.6. The molecule has 2 heterocycles. The van der Waals surface area contributed by atoms with Gasteiger partial charge in [-0.25, -0.2) is 0 Å². The Morgan fingerprint density at radius 1 is 1.62 bits per heavy atom. The van der Waals surface area contributed by atoms with Gasteiger partial charge in [0.1, 0.15) is 0 Å². The molecule has 2 aliphatic rings. The number of nitrogens with one attached hydrogen (secondary N) is 1. The highest BCUT2D eigenvalue weighted by Gasteiger charge is 2.41. The fourth-order valence-electron chi connectivity index (χ4n) is 2.82. The van der Waals surface area contributed by atoms with E-state index in [2.05, 4.69) is 12.2 Å². The Morgan fingerprint density at radius 3 is 3.06 bits per heavy atom. The SMILES string of the molecule is CCCC1(C(=O)C2=COCCC2)CCNC1. The van der Waals surface area contributed by atoms with Crippen LogP contribution in [-0.4, -0.2) is 25.5 Å². The number of allylic oxidation sites excluding steroid dienone is 1.